The quantitative estimate of drug-likeness (QED) is 0.833. The third-order valence-corrected chi connectivity index (χ3v) is 3.54. The van der Waals surface area contributed by atoms with Crippen molar-refractivity contribution in [2.24, 2.45) is 0 Å². The number of hydrogen-bond donors (Lipinski definition) is 1. The van der Waals surface area contributed by atoms with Crippen LogP contribution in [-0.2, 0) is 4.79 Å². The van der Waals surface area contributed by atoms with Crippen molar-refractivity contribution in [2.45, 2.75) is 6.92 Å². The fourth-order valence-corrected chi connectivity index (χ4v) is 2.34. The van der Waals surface area contributed by atoms with Crippen LogP contribution in [0.2, 0.25) is 0 Å². The van der Waals surface area contributed by atoms with Crippen molar-refractivity contribution >= 4 is 33.6 Å². The molecule has 0 aliphatic carbocycles. The summed E-state index contributed by atoms with van der Waals surface area (Å²) in [4.78, 5) is 11.8. The van der Waals surface area contributed by atoms with E-state index in [-0.39, 0.29) is 5.91 Å². The summed E-state index contributed by atoms with van der Waals surface area (Å²) in [5.41, 5.74) is 2.86. The van der Waals surface area contributed by atoms with E-state index in [4.69, 9.17) is 4.74 Å². The van der Waals surface area contributed by atoms with Crippen LogP contribution in [0.15, 0.2) is 53.0 Å². The smallest absolute Gasteiger partial charge is 0.248 e. The van der Waals surface area contributed by atoms with Crippen LogP contribution in [0.4, 0.5) is 5.69 Å². The zero-order valence-electron chi connectivity index (χ0n) is 11.9. The van der Waals surface area contributed by atoms with Gasteiger partial charge in [-0.2, -0.15) is 0 Å². The monoisotopic (exact) mass is 345 g/mol. The van der Waals surface area contributed by atoms with Crippen LogP contribution < -0.4 is 10.1 Å². The highest BCUT2D eigenvalue weighted by Gasteiger charge is 2.01. The SMILES string of the molecule is COc1ccc(/C=C/C(=O)Nc2ccc(C)cc2)cc1Br. The van der Waals surface area contributed by atoms with Gasteiger partial charge in [0.15, 0.2) is 0 Å². The average molecular weight is 346 g/mol. The molecule has 2 rings (SSSR count). The van der Waals surface area contributed by atoms with Crippen LogP contribution in [-0.4, -0.2) is 13.0 Å². The van der Waals surface area contributed by atoms with E-state index >= 15 is 0 Å². The molecule has 21 heavy (non-hydrogen) atoms. The molecule has 0 aliphatic heterocycles. The topological polar surface area (TPSA) is 38.3 Å². The van der Waals surface area contributed by atoms with E-state index in [0.717, 1.165) is 27.0 Å². The molecule has 2 aromatic rings. The number of halogens is 1. The molecule has 0 saturated heterocycles. The number of rotatable bonds is 4. The Balaban J connectivity index is 2.01. The molecule has 1 N–H and O–H groups in total. The van der Waals surface area contributed by atoms with Gasteiger partial charge in [-0.1, -0.05) is 23.8 Å². The number of ether oxygens (including phenoxy) is 1. The maximum atomic E-state index is 11.8. The van der Waals surface area contributed by atoms with Crippen LogP contribution in [0.1, 0.15) is 11.1 Å². The fraction of sp³-hybridized carbons (Fsp3) is 0.118. The van der Waals surface area contributed by atoms with Gasteiger partial charge in [-0.15, -0.1) is 0 Å². The molecule has 0 bridgehead atoms. The summed E-state index contributed by atoms with van der Waals surface area (Å²) in [6, 6.07) is 13.3. The Morgan fingerprint density at radius 1 is 1.19 bits per heavy atom. The summed E-state index contributed by atoms with van der Waals surface area (Å²) >= 11 is 3.42. The van der Waals surface area contributed by atoms with E-state index in [1.807, 2.05) is 49.4 Å². The van der Waals surface area contributed by atoms with Crippen molar-refractivity contribution in [3.8, 4) is 5.75 Å². The second-order valence-electron chi connectivity index (χ2n) is 4.58. The van der Waals surface area contributed by atoms with E-state index in [1.54, 1.807) is 13.2 Å². The average Bonchev–Trinajstić information content (AvgIpc) is 2.48. The highest BCUT2D eigenvalue weighted by atomic mass is 79.9. The van der Waals surface area contributed by atoms with Crippen molar-refractivity contribution in [2.75, 3.05) is 12.4 Å². The minimum Gasteiger partial charge on any atom is -0.496 e. The fourth-order valence-electron chi connectivity index (χ4n) is 1.78. The molecule has 0 fully saturated rings. The van der Waals surface area contributed by atoms with Crippen molar-refractivity contribution in [1.29, 1.82) is 0 Å². The molecule has 4 heteroatoms. The Labute approximate surface area is 132 Å². The summed E-state index contributed by atoms with van der Waals surface area (Å²) in [7, 11) is 1.62. The van der Waals surface area contributed by atoms with Crippen LogP contribution in [0.5, 0.6) is 5.75 Å². The number of hydrogen-bond acceptors (Lipinski definition) is 2. The van der Waals surface area contributed by atoms with Gasteiger partial charge >= 0.3 is 0 Å². The second-order valence-corrected chi connectivity index (χ2v) is 5.44. The lowest BCUT2D eigenvalue weighted by atomic mass is 10.2. The number of amides is 1. The summed E-state index contributed by atoms with van der Waals surface area (Å²) < 4.78 is 6.02. The van der Waals surface area contributed by atoms with Gasteiger partial charge in [-0.3, -0.25) is 4.79 Å². The maximum absolute atomic E-state index is 11.8. The number of aryl methyl sites for hydroxylation is 1. The molecule has 1 amide bonds. The largest absolute Gasteiger partial charge is 0.496 e. The van der Waals surface area contributed by atoms with Crippen LogP contribution in [0.3, 0.4) is 0 Å². The first-order chi connectivity index (χ1) is 10.1. The second kappa shape index (κ2) is 7.09. The van der Waals surface area contributed by atoms with Crippen LogP contribution in [0, 0.1) is 6.92 Å². The number of anilines is 1. The van der Waals surface area contributed by atoms with Gasteiger partial charge in [0.2, 0.25) is 5.91 Å². The number of carbonyl (C=O) groups excluding carboxylic acids is 1. The normalized spacial score (nSPS) is 10.6. The summed E-state index contributed by atoms with van der Waals surface area (Å²) in [5, 5.41) is 2.81. The molecule has 2 aromatic carbocycles. The Hall–Kier alpha value is -2.07. The lowest BCUT2D eigenvalue weighted by molar-refractivity contribution is -0.111. The standard InChI is InChI=1S/C17H16BrNO2/c1-12-3-7-14(8-4-12)19-17(20)10-6-13-5-9-16(21-2)15(18)11-13/h3-11H,1-2H3,(H,19,20)/b10-6+. The van der Waals surface area contributed by atoms with Gasteiger partial charge in [0, 0.05) is 11.8 Å². The zero-order chi connectivity index (χ0) is 15.2. The molecule has 0 heterocycles. The predicted octanol–water partition coefficient (Wildman–Crippen LogP) is 4.42. The third-order valence-electron chi connectivity index (χ3n) is 2.92. The first kappa shape index (κ1) is 15.3. The highest BCUT2D eigenvalue weighted by molar-refractivity contribution is 9.10. The van der Waals surface area contributed by atoms with E-state index in [1.165, 1.54) is 6.08 Å². The molecule has 0 saturated carbocycles. The molecule has 0 aromatic heterocycles. The molecule has 0 unspecified atom stereocenters. The van der Waals surface area contributed by atoms with Gasteiger partial charge in [-0.05, 0) is 58.8 Å². The predicted molar refractivity (Wildman–Crippen MR) is 89.5 cm³/mol. The van der Waals surface area contributed by atoms with E-state index < -0.39 is 0 Å². The lowest BCUT2D eigenvalue weighted by Crippen LogP contribution is -2.07. The molecule has 0 aliphatic rings. The molecule has 0 radical (unpaired) electrons. The molecular weight excluding hydrogens is 330 g/mol. The molecular formula is C17H16BrNO2. The van der Waals surface area contributed by atoms with Gasteiger partial charge in [-0.25, -0.2) is 0 Å². The van der Waals surface area contributed by atoms with E-state index in [2.05, 4.69) is 21.2 Å². The van der Waals surface area contributed by atoms with Gasteiger partial charge < -0.3 is 10.1 Å². The van der Waals surface area contributed by atoms with E-state index in [9.17, 15) is 4.79 Å². The summed E-state index contributed by atoms with van der Waals surface area (Å²) in [6.45, 7) is 2.01. The zero-order valence-corrected chi connectivity index (χ0v) is 13.5. The number of benzene rings is 2. The Kier molecular flexibility index (Phi) is 5.17. The Morgan fingerprint density at radius 3 is 2.52 bits per heavy atom. The molecule has 3 nitrogen and oxygen atoms in total. The van der Waals surface area contributed by atoms with Crippen molar-refractivity contribution < 1.29 is 9.53 Å². The van der Waals surface area contributed by atoms with Gasteiger partial charge in [0.25, 0.3) is 0 Å². The minimum atomic E-state index is -0.161. The molecule has 0 spiro atoms. The number of nitrogens with one attached hydrogen (secondary N) is 1. The van der Waals surface area contributed by atoms with Crippen molar-refractivity contribution in [1.82, 2.24) is 0 Å². The number of methoxy groups -OCH3 is 1. The minimum absolute atomic E-state index is 0.161. The molecule has 108 valence electrons. The third kappa shape index (κ3) is 4.46. The first-order valence-corrected chi connectivity index (χ1v) is 7.27. The van der Waals surface area contributed by atoms with E-state index in [0.29, 0.717) is 0 Å². The Bertz CT molecular complexity index is 663. The summed E-state index contributed by atoms with van der Waals surface area (Å²) in [5.74, 6) is 0.599. The van der Waals surface area contributed by atoms with Gasteiger partial charge in [0.05, 0.1) is 11.6 Å². The lowest BCUT2D eigenvalue weighted by Gasteiger charge is -2.04. The maximum Gasteiger partial charge on any atom is 0.248 e. The number of carbonyl (C=O) groups is 1. The van der Waals surface area contributed by atoms with Crippen LogP contribution in [0.25, 0.3) is 6.08 Å². The Morgan fingerprint density at radius 2 is 1.90 bits per heavy atom. The van der Waals surface area contributed by atoms with Crippen molar-refractivity contribution in [3.63, 3.8) is 0 Å². The first-order valence-electron chi connectivity index (χ1n) is 6.48. The summed E-state index contributed by atoms with van der Waals surface area (Å²) in [6.07, 6.45) is 3.27. The van der Waals surface area contributed by atoms with Crippen LogP contribution >= 0.6 is 15.9 Å². The molecule has 0 atom stereocenters. The van der Waals surface area contributed by atoms with Crippen molar-refractivity contribution in [3.05, 3.63) is 64.1 Å². The highest BCUT2D eigenvalue weighted by Crippen LogP contribution is 2.25. The van der Waals surface area contributed by atoms with Gasteiger partial charge in [0.1, 0.15) is 5.75 Å².